The van der Waals surface area contributed by atoms with Crippen molar-refractivity contribution < 1.29 is 42.9 Å². The molecule has 0 aromatic carbocycles. The fourth-order valence-corrected chi connectivity index (χ4v) is 2.67. The molecule has 0 aliphatic rings. The molecule has 0 aromatic rings. The first-order valence-electron chi connectivity index (χ1n) is 13.3. The second kappa shape index (κ2) is 18.5. The van der Waals surface area contributed by atoms with Gasteiger partial charge in [-0.05, 0) is 5.92 Å². The van der Waals surface area contributed by atoms with E-state index in [9.17, 15) is 24.0 Å². The first-order valence-corrected chi connectivity index (χ1v) is 13.3. The number of ether oxygens (including phenoxy) is 4. The van der Waals surface area contributed by atoms with Gasteiger partial charge in [0.15, 0.2) is 0 Å². The molecule has 0 aliphatic carbocycles. The molecule has 2 N–H and O–H groups in total. The molecule has 11 heteroatoms. The lowest BCUT2D eigenvalue weighted by Crippen LogP contribution is -2.45. The average Bonchev–Trinajstić information content (AvgIpc) is 2.86. The molecule has 0 bridgehead atoms. The van der Waals surface area contributed by atoms with Crippen molar-refractivity contribution in [2.75, 3.05) is 46.1 Å². The number of hydrogen-bond donors (Lipinski definition) is 2. The molecule has 0 spiro atoms. The van der Waals surface area contributed by atoms with E-state index in [4.69, 9.17) is 18.9 Å². The van der Waals surface area contributed by atoms with Crippen LogP contribution in [0.15, 0.2) is 0 Å². The molecule has 0 unspecified atom stereocenters. The predicted molar refractivity (Wildman–Crippen MR) is 141 cm³/mol. The highest BCUT2D eigenvalue weighted by Gasteiger charge is 2.37. The molecule has 38 heavy (non-hydrogen) atoms. The van der Waals surface area contributed by atoms with Crippen LogP contribution in [-0.2, 0) is 42.9 Å². The van der Waals surface area contributed by atoms with E-state index in [1.807, 2.05) is 13.8 Å². The highest BCUT2D eigenvalue weighted by atomic mass is 16.6. The van der Waals surface area contributed by atoms with Gasteiger partial charge in [0.25, 0.3) is 0 Å². The maximum Gasteiger partial charge on any atom is 0.308 e. The molecular weight excluding hydrogens is 496 g/mol. The normalized spacial score (nSPS) is 12.3. The van der Waals surface area contributed by atoms with Crippen molar-refractivity contribution in [3.05, 3.63) is 0 Å². The topological polar surface area (TPSA) is 146 Å². The first-order chi connectivity index (χ1) is 17.7. The van der Waals surface area contributed by atoms with Crippen LogP contribution in [0.5, 0.6) is 0 Å². The summed E-state index contributed by atoms with van der Waals surface area (Å²) in [4.78, 5) is 60.7. The minimum atomic E-state index is -1.23. The molecular formula is C27H48N2O9. The molecule has 1 atom stereocenters. The molecule has 0 aliphatic heterocycles. The van der Waals surface area contributed by atoms with Gasteiger partial charge in [-0.2, -0.15) is 0 Å². The molecule has 0 heterocycles. The molecule has 220 valence electrons. The summed E-state index contributed by atoms with van der Waals surface area (Å²) in [6.07, 6.45) is 1.09. The largest absolute Gasteiger partial charge is 0.465 e. The monoisotopic (exact) mass is 544 g/mol. The second-order valence-electron chi connectivity index (χ2n) is 10.7. The summed E-state index contributed by atoms with van der Waals surface area (Å²) in [5.74, 6) is -2.89. The third-order valence-corrected chi connectivity index (χ3v) is 5.64. The van der Waals surface area contributed by atoms with E-state index in [1.165, 1.54) is 0 Å². The van der Waals surface area contributed by atoms with Gasteiger partial charge in [0.2, 0.25) is 11.8 Å². The Hall–Kier alpha value is -2.69. The molecule has 11 nitrogen and oxygen atoms in total. The van der Waals surface area contributed by atoms with E-state index in [1.54, 1.807) is 41.5 Å². The van der Waals surface area contributed by atoms with Crippen LogP contribution in [0, 0.1) is 29.1 Å². The van der Waals surface area contributed by atoms with Gasteiger partial charge < -0.3 is 29.6 Å². The number of carbonyl (C=O) groups is 5. The number of amides is 2. The van der Waals surface area contributed by atoms with Crippen molar-refractivity contribution in [3.8, 4) is 0 Å². The zero-order valence-corrected chi connectivity index (χ0v) is 24.3. The van der Waals surface area contributed by atoms with E-state index in [0.717, 1.165) is 6.42 Å². The van der Waals surface area contributed by atoms with Gasteiger partial charge in [0, 0.05) is 19.5 Å². The van der Waals surface area contributed by atoms with Gasteiger partial charge in [-0.25, -0.2) is 0 Å². The first kappa shape index (κ1) is 35.3. The smallest absolute Gasteiger partial charge is 0.308 e. The molecule has 0 saturated heterocycles. The minimum absolute atomic E-state index is 0.133. The average molecular weight is 545 g/mol. The predicted octanol–water partition coefficient (Wildman–Crippen LogP) is 2.26. The third kappa shape index (κ3) is 15.5. The van der Waals surface area contributed by atoms with E-state index in [2.05, 4.69) is 10.6 Å². The highest BCUT2D eigenvalue weighted by molar-refractivity contribution is 5.79. The van der Waals surface area contributed by atoms with Gasteiger partial charge in [0.05, 0.1) is 29.8 Å². The lowest BCUT2D eigenvalue weighted by atomic mass is 9.92. The summed E-state index contributed by atoms with van der Waals surface area (Å²) in [5, 5.41) is 5.43. The van der Waals surface area contributed by atoms with Crippen LogP contribution in [0.25, 0.3) is 0 Å². The van der Waals surface area contributed by atoms with Crippen LogP contribution in [0.2, 0.25) is 0 Å². The van der Waals surface area contributed by atoms with Gasteiger partial charge >= 0.3 is 17.9 Å². The lowest BCUT2D eigenvalue weighted by Gasteiger charge is -2.32. The van der Waals surface area contributed by atoms with Crippen molar-refractivity contribution in [1.82, 2.24) is 10.6 Å². The molecule has 0 aromatic heterocycles. The fraction of sp³-hybridized carbons (Fsp3) is 0.815. The number of carbonyl (C=O) groups excluding carboxylic acids is 5. The lowest BCUT2D eigenvalue weighted by molar-refractivity contribution is -0.172. The molecule has 2 amide bonds. The van der Waals surface area contributed by atoms with Crippen LogP contribution in [-0.4, -0.2) is 75.8 Å². The fourth-order valence-electron chi connectivity index (χ4n) is 2.67. The van der Waals surface area contributed by atoms with Crippen molar-refractivity contribution in [2.45, 2.75) is 68.2 Å². The Morgan fingerprint density at radius 2 is 1.11 bits per heavy atom. The van der Waals surface area contributed by atoms with Crippen LogP contribution < -0.4 is 10.6 Å². The van der Waals surface area contributed by atoms with Gasteiger partial charge in [-0.15, -0.1) is 0 Å². The Labute approximate surface area is 227 Å². The van der Waals surface area contributed by atoms with E-state index < -0.39 is 47.0 Å². The SMILES string of the molecule is CC[C@@H](C)CNC(=O)CCNC(=O)COCC(COC(=O)C(C)C)(COC(=O)C(C)C)COC(=O)C(C)C. The van der Waals surface area contributed by atoms with Crippen molar-refractivity contribution in [2.24, 2.45) is 29.1 Å². The van der Waals surface area contributed by atoms with Crippen LogP contribution in [0.3, 0.4) is 0 Å². The standard InChI is InChI=1S/C27H48N2O9/c1-9-21(8)12-29-22(30)10-11-28-23(31)13-35-14-27(15-36-24(32)18(2)3,16-37-25(33)19(4)5)17-38-26(34)20(6)7/h18-21H,9-17H2,1-8H3,(H,28,31)(H,29,30)/t21-/m1/s1. The Morgan fingerprint density at radius 3 is 1.50 bits per heavy atom. The van der Waals surface area contributed by atoms with E-state index >= 15 is 0 Å². The van der Waals surface area contributed by atoms with Crippen LogP contribution >= 0.6 is 0 Å². The molecule has 0 radical (unpaired) electrons. The van der Waals surface area contributed by atoms with Crippen molar-refractivity contribution in [3.63, 3.8) is 0 Å². The quantitative estimate of drug-likeness (QED) is 0.185. The second-order valence-corrected chi connectivity index (χ2v) is 10.7. The maximum absolute atomic E-state index is 12.3. The third-order valence-electron chi connectivity index (χ3n) is 5.64. The molecule has 0 fully saturated rings. The number of nitrogens with one attached hydrogen (secondary N) is 2. The van der Waals surface area contributed by atoms with Gasteiger partial charge in [-0.1, -0.05) is 61.8 Å². The summed E-state index contributed by atoms with van der Waals surface area (Å²) in [6.45, 7) is 13.5. The van der Waals surface area contributed by atoms with E-state index in [0.29, 0.717) is 12.5 Å². The molecule has 0 saturated carbocycles. The summed E-state index contributed by atoms with van der Waals surface area (Å²) in [7, 11) is 0. The Balaban J connectivity index is 5.20. The summed E-state index contributed by atoms with van der Waals surface area (Å²) in [6, 6.07) is 0. The van der Waals surface area contributed by atoms with Crippen molar-refractivity contribution >= 4 is 29.7 Å². The van der Waals surface area contributed by atoms with Crippen LogP contribution in [0.1, 0.15) is 68.2 Å². The highest BCUT2D eigenvalue weighted by Crippen LogP contribution is 2.23. The zero-order valence-electron chi connectivity index (χ0n) is 24.3. The van der Waals surface area contributed by atoms with Gasteiger partial charge in [0.1, 0.15) is 26.4 Å². The molecule has 0 rings (SSSR count). The summed E-state index contributed by atoms with van der Waals surface area (Å²) >= 11 is 0. The van der Waals surface area contributed by atoms with Crippen molar-refractivity contribution in [1.29, 1.82) is 0 Å². The van der Waals surface area contributed by atoms with Crippen LogP contribution in [0.4, 0.5) is 0 Å². The summed E-state index contributed by atoms with van der Waals surface area (Å²) in [5.41, 5.74) is -1.23. The van der Waals surface area contributed by atoms with E-state index in [-0.39, 0.29) is 51.9 Å². The minimum Gasteiger partial charge on any atom is -0.465 e. The summed E-state index contributed by atoms with van der Waals surface area (Å²) < 4.78 is 21.8. The number of hydrogen-bond acceptors (Lipinski definition) is 9. The van der Waals surface area contributed by atoms with Gasteiger partial charge in [-0.3, -0.25) is 24.0 Å². The Morgan fingerprint density at radius 1 is 0.658 bits per heavy atom. The zero-order chi connectivity index (χ0) is 29.3. The number of esters is 3. The Bertz CT molecular complexity index is 706. The Kier molecular flexibility index (Phi) is 17.2. The maximum atomic E-state index is 12.3. The number of rotatable bonds is 19.